The van der Waals surface area contributed by atoms with Crippen LogP contribution in [0.25, 0.3) is 0 Å². The third-order valence-electron chi connectivity index (χ3n) is 7.57. The average Bonchev–Trinajstić information content (AvgIpc) is 3.14. The first-order valence-corrected chi connectivity index (χ1v) is 9.96. The number of rotatable bonds is 5. The highest BCUT2D eigenvalue weighted by Crippen LogP contribution is 2.59. The average molecular weight is 356 g/mol. The molecular formula is C20H37NO4. The molecule has 0 spiro atoms. The Bertz CT molecular complexity index is 469. The molecule has 2 saturated carbocycles. The molecule has 1 heterocycles. The molecule has 146 valence electrons. The van der Waals surface area contributed by atoms with Crippen molar-refractivity contribution in [3.8, 4) is 0 Å². The zero-order valence-corrected chi connectivity index (χ0v) is 16.6. The van der Waals surface area contributed by atoms with E-state index >= 15 is 0 Å². The van der Waals surface area contributed by atoms with E-state index < -0.39 is 24.2 Å². The molecule has 3 fully saturated rings. The molecular weight excluding hydrogens is 318 g/mol. The van der Waals surface area contributed by atoms with Gasteiger partial charge < -0.3 is 15.3 Å². The fraction of sp³-hybridized carbons (Fsp3) is 1.00. The van der Waals surface area contributed by atoms with Gasteiger partial charge in [-0.25, -0.2) is 0 Å². The fourth-order valence-corrected chi connectivity index (χ4v) is 5.74. The predicted molar refractivity (Wildman–Crippen MR) is 95.8 cm³/mol. The Labute approximate surface area is 152 Å². The third-order valence-corrected chi connectivity index (χ3v) is 7.57. The number of aliphatic hydroxyl groups is 3. The lowest BCUT2D eigenvalue weighted by molar-refractivity contribution is -0.375. The maximum atomic E-state index is 11.0. The number of nitrogens with zero attached hydrogens (tertiary/aromatic N) is 1. The van der Waals surface area contributed by atoms with Crippen LogP contribution in [-0.4, -0.2) is 39.1 Å². The molecule has 3 aliphatic rings. The minimum atomic E-state index is -1.07. The second-order valence-corrected chi connectivity index (χ2v) is 10.4. The van der Waals surface area contributed by atoms with Crippen molar-refractivity contribution in [1.29, 1.82) is 0 Å². The second-order valence-electron chi connectivity index (χ2n) is 10.4. The van der Waals surface area contributed by atoms with Gasteiger partial charge in [-0.3, -0.25) is 4.84 Å². The number of aliphatic hydroxyl groups excluding tert-OH is 3. The number of hydroxylamine groups is 2. The van der Waals surface area contributed by atoms with Crippen molar-refractivity contribution in [1.82, 2.24) is 5.06 Å². The first kappa shape index (κ1) is 19.6. The van der Waals surface area contributed by atoms with Gasteiger partial charge in [0.05, 0.1) is 0 Å². The normalized spacial score (nSPS) is 42.0. The molecule has 2 bridgehead atoms. The molecule has 3 rings (SSSR count). The van der Waals surface area contributed by atoms with E-state index in [2.05, 4.69) is 34.6 Å². The van der Waals surface area contributed by atoms with Crippen LogP contribution < -0.4 is 0 Å². The molecule has 1 aliphatic heterocycles. The summed E-state index contributed by atoms with van der Waals surface area (Å²) in [5.41, 5.74) is -0.668. The van der Waals surface area contributed by atoms with E-state index in [1.165, 1.54) is 5.06 Å². The van der Waals surface area contributed by atoms with E-state index in [0.717, 1.165) is 25.7 Å². The quantitative estimate of drug-likeness (QED) is 0.661. The Hall–Kier alpha value is -0.200. The van der Waals surface area contributed by atoms with E-state index in [0.29, 0.717) is 17.8 Å². The topological polar surface area (TPSA) is 73.2 Å². The summed E-state index contributed by atoms with van der Waals surface area (Å²) in [6.45, 7) is 12.6. The lowest BCUT2D eigenvalue weighted by Gasteiger charge is -2.47. The summed E-state index contributed by atoms with van der Waals surface area (Å²) in [5.74, 6) is 1.52. The smallest absolute Gasteiger partial charge is 0.180 e. The summed E-state index contributed by atoms with van der Waals surface area (Å²) in [4.78, 5) is 5.88. The molecule has 1 saturated heterocycles. The summed E-state index contributed by atoms with van der Waals surface area (Å²) in [6, 6.07) is 0. The van der Waals surface area contributed by atoms with E-state index in [-0.39, 0.29) is 17.3 Å². The molecule has 0 aromatic rings. The van der Waals surface area contributed by atoms with Crippen molar-refractivity contribution in [3.63, 3.8) is 0 Å². The van der Waals surface area contributed by atoms with Gasteiger partial charge in [-0.05, 0) is 48.9 Å². The van der Waals surface area contributed by atoms with Gasteiger partial charge >= 0.3 is 0 Å². The van der Waals surface area contributed by atoms with Crippen molar-refractivity contribution >= 4 is 0 Å². The lowest BCUT2D eigenvalue weighted by Crippen LogP contribution is -2.51. The number of hydrogen-bond acceptors (Lipinski definition) is 5. The van der Waals surface area contributed by atoms with Gasteiger partial charge in [0.1, 0.15) is 12.5 Å². The zero-order valence-electron chi connectivity index (χ0n) is 16.6. The molecule has 8 atom stereocenters. The van der Waals surface area contributed by atoms with Crippen molar-refractivity contribution in [2.75, 3.05) is 0 Å². The predicted octanol–water partition coefficient (Wildman–Crippen LogP) is 2.95. The van der Waals surface area contributed by atoms with Crippen LogP contribution in [0.5, 0.6) is 0 Å². The summed E-state index contributed by atoms with van der Waals surface area (Å²) in [5, 5.41) is 33.8. The fourth-order valence-electron chi connectivity index (χ4n) is 5.74. The Morgan fingerprint density at radius 2 is 1.48 bits per heavy atom. The molecule has 3 N–H and O–H groups in total. The molecule has 2 aliphatic carbocycles. The molecule has 8 unspecified atom stereocenters. The van der Waals surface area contributed by atoms with E-state index in [1.807, 2.05) is 6.92 Å². The molecule has 0 aromatic heterocycles. The highest BCUT2D eigenvalue weighted by molar-refractivity contribution is 5.04. The van der Waals surface area contributed by atoms with Crippen LogP contribution in [0.4, 0.5) is 0 Å². The van der Waals surface area contributed by atoms with Gasteiger partial charge in [0.15, 0.2) is 6.29 Å². The zero-order chi connectivity index (χ0) is 18.7. The largest absolute Gasteiger partial charge is 0.376 e. The minimum Gasteiger partial charge on any atom is -0.376 e. The van der Waals surface area contributed by atoms with Gasteiger partial charge in [0.2, 0.25) is 0 Å². The first-order chi connectivity index (χ1) is 11.5. The summed E-state index contributed by atoms with van der Waals surface area (Å²) < 4.78 is 0. The maximum absolute atomic E-state index is 11.0. The molecule has 5 nitrogen and oxygen atoms in total. The van der Waals surface area contributed by atoms with Crippen LogP contribution in [0.15, 0.2) is 0 Å². The van der Waals surface area contributed by atoms with E-state index in [4.69, 9.17) is 4.84 Å². The summed E-state index contributed by atoms with van der Waals surface area (Å²) in [7, 11) is 0. The standard InChI is InChI=1S/C20H37NO4/c1-11(2)10-20(6,19(3,4)5)18(24)25-21-16(22)14-12-7-8-13(9-12)15(14)17(21)23/h11-18,22-24H,7-10H2,1-6H3. The van der Waals surface area contributed by atoms with Gasteiger partial charge in [-0.2, -0.15) is 0 Å². The van der Waals surface area contributed by atoms with E-state index in [9.17, 15) is 15.3 Å². The van der Waals surface area contributed by atoms with Crippen LogP contribution in [-0.2, 0) is 4.84 Å². The van der Waals surface area contributed by atoms with Crippen LogP contribution >= 0.6 is 0 Å². The Morgan fingerprint density at radius 1 is 1.00 bits per heavy atom. The SMILES string of the molecule is CC(C)CC(C)(C(O)ON1C(O)C2C3CCC(C3)C2C1O)C(C)(C)C. The molecule has 0 amide bonds. The van der Waals surface area contributed by atoms with E-state index in [1.54, 1.807) is 0 Å². The first-order valence-electron chi connectivity index (χ1n) is 9.96. The minimum absolute atomic E-state index is 0.0759. The Kier molecular flexibility index (Phi) is 5.05. The van der Waals surface area contributed by atoms with Gasteiger partial charge in [0.25, 0.3) is 0 Å². The summed E-state index contributed by atoms with van der Waals surface area (Å²) >= 11 is 0. The van der Waals surface area contributed by atoms with Crippen LogP contribution in [0.1, 0.15) is 67.2 Å². The van der Waals surface area contributed by atoms with Crippen molar-refractivity contribution in [3.05, 3.63) is 0 Å². The molecule has 0 aromatic carbocycles. The monoisotopic (exact) mass is 355 g/mol. The van der Waals surface area contributed by atoms with Crippen molar-refractivity contribution in [2.24, 2.45) is 40.4 Å². The van der Waals surface area contributed by atoms with Gasteiger partial charge in [0, 0.05) is 17.3 Å². The van der Waals surface area contributed by atoms with Crippen molar-refractivity contribution < 1.29 is 20.2 Å². The van der Waals surface area contributed by atoms with Crippen LogP contribution in [0.3, 0.4) is 0 Å². The summed E-state index contributed by atoms with van der Waals surface area (Å²) in [6.07, 6.45) is 1.47. The second kappa shape index (κ2) is 6.45. The molecule has 25 heavy (non-hydrogen) atoms. The van der Waals surface area contributed by atoms with Crippen molar-refractivity contribution in [2.45, 2.75) is 86.0 Å². The Morgan fingerprint density at radius 3 is 1.88 bits per heavy atom. The van der Waals surface area contributed by atoms with Crippen LogP contribution in [0.2, 0.25) is 0 Å². The lowest BCUT2D eigenvalue weighted by atomic mass is 9.63. The van der Waals surface area contributed by atoms with Gasteiger partial charge in [-0.15, -0.1) is 5.06 Å². The molecule has 5 heteroatoms. The number of fused-ring (bicyclic) bond motifs is 5. The highest BCUT2D eigenvalue weighted by Gasteiger charge is 2.62. The molecule has 0 radical (unpaired) electrons. The highest BCUT2D eigenvalue weighted by atomic mass is 16.8. The Balaban J connectivity index is 1.76. The third kappa shape index (κ3) is 3.06. The van der Waals surface area contributed by atoms with Crippen LogP contribution in [0, 0.1) is 40.4 Å². The maximum Gasteiger partial charge on any atom is 0.180 e. The van der Waals surface area contributed by atoms with Gasteiger partial charge in [-0.1, -0.05) is 41.5 Å². The number of hydrogen-bond donors (Lipinski definition) is 3.